The van der Waals surface area contributed by atoms with Crippen molar-refractivity contribution in [1.82, 2.24) is 4.98 Å². The number of amides is 2. The number of rotatable bonds is 8. The molecule has 216 valence electrons. The van der Waals surface area contributed by atoms with Gasteiger partial charge in [0.25, 0.3) is 5.91 Å². The number of methoxy groups -OCH3 is 1. The highest BCUT2D eigenvalue weighted by Gasteiger charge is 2.31. The van der Waals surface area contributed by atoms with Crippen LogP contribution in [-0.4, -0.2) is 41.5 Å². The Morgan fingerprint density at radius 2 is 1.88 bits per heavy atom. The number of nitriles is 1. The summed E-state index contributed by atoms with van der Waals surface area (Å²) >= 11 is 0. The van der Waals surface area contributed by atoms with Gasteiger partial charge in [-0.05, 0) is 68.8 Å². The van der Waals surface area contributed by atoms with Gasteiger partial charge in [0.15, 0.2) is 18.4 Å². The van der Waals surface area contributed by atoms with Crippen LogP contribution in [-0.2, 0) is 4.74 Å². The van der Waals surface area contributed by atoms with Gasteiger partial charge in [-0.25, -0.2) is 18.6 Å². The molecular weight excluding hydrogens is 550 g/mol. The van der Waals surface area contributed by atoms with Crippen molar-refractivity contribution in [3.8, 4) is 34.2 Å². The van der Waals surface area contributed by atoms with Gasteiger partial charge in [-0.3, -0.25) is 9.69 Å². The number of carbonyl (C=O) groups is 2. The van der Waals surface area contributed by atoms with E-state index >= 15 is 4.39 Å². The fourth-order valence-corrected chi connectivity index (χ4v) is 4.24. The highest BCUT2D eigenvalue weighted by Crippen LogP contribution is 2.38. The highest BCUT2D eigenvalue weighted by atomic mass is 19.1. The molecule has 0 spiro atoms. The van der Waals surface area contributed by atoms with E-state index in [0.717, 1.165) is 17.0 Å². The molecule has 2 N–H and O–H groups in total. The Hall–Kier alpha value is -5.28. The third-order valence-electron chi connectivity index (χ3n) is 6.02. The standard InChI is InChI=1S/C30H26F2N4O6/c1-30(2,3)36(29(38)39)24-12-17(7-10-22(24)32)20-14-23(19-9-8-18(31)13-26(19)42-16-40-4)34-27(21(20)15-33)35-28(37)25-6-5-11-41-25/h5-14H,16H2,1-4H3,(H,38,39)(H,34,35,37). The smallest absolute Gasteiger partial charge is 0.412 e. The van der Waals surface area contributed by atoms with E-state index in [-0.39, 0.29) is 57.8 Å². The van der Waals surface area contributed by atoms with Gasteiger partial charge in [-0.15, -0.1) is 0 Å². The van der Waals surface area contributed by atoms with Crippen LogP contribution in [0.15, 0.2) is 65.3 Å². The molecule has 0 radical (unpaired) electrons. The van der Waals surface area contributed by atoms with Crippen molar-refractivity contribution >= 4 is 23.5 Å². The maximum Gasteiger partial charge on any atom is 0.412 e. The molecule has 42 heavy (non-hydrogen) atoms. The Balaban J connectivity index is 1.98. The van der Waals surface area contributed by atoms with Crippen LogP contribution in [0, 0.1) is 23.0 Å². The monoisotopic (exact) mass is 576 g/mol. The molecule has 0 aliphatic heterocycles. The summed E-state index contributed by atoms with van der Waals surface area (Å²) in [5.41, 5.74) is -0.496. The Kier molecular flexibility index (Phi) is 8.54. The summed E-state index contributed by atoms with van der Waals surface area (Å²) in [6.07, 6.45) is -0.0799. The minimum Gasteiger partial charge on any atom is -0.467 e. The van der Waals surface area contributed by atoms with Crippen LogP contribution >= 0.6 is 0 Å². The lowest BCUT2D eigenvalue weighted by Crippen LogP contribution is -2.45. The van der Waals surface area contributed by atoms with Crippen molar-refractivity contribution in [2.75, 3.05) is 24.1 Å². The number of hydrogen-bond donors (Lipinski definition) is 2. The number of furan rings is 1. The first kappa shape index (κ1) is 29.7. The van der Waals surface area contributed by atoms with Crippen molar-refractivity contribution in [2.24, 2.45) is 0 Å². The van der Waals surface area contributed by atoms with Crippen LogP contribution in [0.3, 0.4) is 0 Å². The number of benzene rings is 2. The van der Waals surface area contributed by atoms with Crippen LogP contribution < -0.4 is 15.0 Å². The van der Waals surface area contributed by atoms with E-state index in [4.69, 9.17) is 13.9 Å². The second kappa shape index (κ2) is 12.1. The van der Waals surface area contributed by atoms with Crippen molar-refractivity contribution in [1.29, 1.82) is 5.26 Å². The van der Waals surface area contributed by atoms with Gasteiger partial charge >= 0.3 is 6.09 Å². The van der Waals surface area contributed by atoms with E-state index in [1.165, 1.54) is 55.8 Å². The van der Waals surface area contributed by atoms with Gasteiger partial charge < -0.3 is 24.3 Å². The van der Waals surface area contributed by atoms with Gasteiger partial charge in [-0.1, -0.05) is 6.07 Å². The number of halogens is 2. The van der Waals surface area contributed by atoms with Crippen LogP contribution in [0.5, 0.6) is 5.75 Å². The lowest BCUT2D eigenvalue weighted by molar-refractivity contribution is 0.0513. The van der Waals surface area contributed by atoms with Crippen LogP contribution in [0.2, 0.25) is 0 Å². The summed E-state index contributed by atoms with van der Waals surface area (Å²) in [5, 5.41) is 22.6. The first-order valence-electron chi connectivity index (χ1n) is 12.5. The third-order valence-corrected chi connectivity index (χ3v) is 6.02. The predicted octanol–water partition coefficient (Wildman–Crippen LogP) is 6.68. The van der Waals surface area contributed by atoms with Crippen LogP contribution in [0.1, 0.15) is 36.9 Å². The SMILES string of the molecule is COCOc1cc(F)ccc1-c1cc(-c2ccc(F)c(N(C(=O)O)C(C)(C)C)c2)c(C#N)c(NC(=O)c2ccco2)n1. The number of nitrogens with one attached hydrogen (secondary N) is 1. The fourth-order valence-electron chi connectivity index (χ4n) is 4.24. The van der Waals surface area contributed by atoms with Crippen molar-refractivity contribution < 1.29 is 37.4 Å². The molecule has 0 fully saturated rings. The Morgan fingerprint density at radius 1 is 1.12 bits per heavy atom. The lowest BCUT2D eigenvalue weighted by Gasteiger charge is -2.33. The zero-order valence-electron chi connectivity index (χ0n) is 23.1. The van der Waals surface area contributed by atoms with E-state index in [1.807, 2.05) is 6.07 Å². The molecule has 2 aromatic heterocycles. The van der Waals surface area contributed by atoms with Crippen LogP contribution in [0.4, 0.5) is 25.1 Å². The number of aromatic nitrogens is 1. The van der Waals surface area contributed by atoms with Crippen molar-refractivity contribution in [3.05, 3.63) is 83.8 Å². The topological polar surface area (TPSA) is 138 Å². The first-order valence-corrected chi connectivity index (χ1v) is 12.5. The van der Waals surface area contributed by atoms with E-state index in [1.54, 1.807) is 20.8 Å². The van der Waals surface area contributed by atoms with Gasteiger partial charge in [0, 0.05) is 29.8 Å². The molecule has 0 saturated heterocycles. The molecule has 0 aliphatic rings. The van der Waals surface area contributed by atoms with Crippen molar-refractivity contribution in [3.63, 3.8) is 0 Å². The van der Waals surface area contributed by atoms with Gasteiger partial charge in [0.2, 0.25) is 0 Å². The predicted molar refractivity (Wildman–Crippen MR) is 149 cm³/mol. The molecule has 2 aromatic carbocycles. The minimum atomic E-state index is -1.38. The zero-order chi connectivity index (χ0) is 30.6. The molecule has 4 rings (SSSR count). The number of pyridine rings is 1. The number of nitrogens with zero attached hydrogens (tertiary/aromatic N) is 3. The average molecular weight is 577 g/mol. The molecule has 0 unspecified atom stereocenters. The highest BCUT2D eigenvalue weighted by molar-refractivity contribution is 6.03. The molecular formula is C30H26F2N4O6. The zero-order valence-corrected chi connectivity index (χ0v) is 23.1. The van der Waals surface area contributed by atoms with Gasteiger partial charge in [0.05, 0.1) is 17.6 Å². The lowest BCUT2D eigenvalue weighted by atomic mass is 9.96. The van der Waals surface area contributed by atoms with E-state index in [2.05, 4.69) is 10.3 Å². The van der Waals surface area contributed by atoms with Crippen molar-refractivity contribution in [2.45, 2.75) is 26.3 Å². The summed E-state index contributed by atoms with van der Waals surface area (Å²) in [6, 6.07) is 13.9. The van der Waals surface area contributed by atoms with Crippen LogP contribution in [0.25, 0.3) is 22.4 Å². The second-order valence-corrected chi connectivity index (χ2v) is 9.97. The van der Waals surface area contributed by atoms with E-state index in [9.17, 15) is 24.3 Å². The maximum absolute atomic E-state index is 15.1. The second-order valence-electron chi connectivity index (χ2n) is 9.97. The fraction of sp³-hybridized carbons (Fsp3) is 0.200. The summed E-state index contributed by atoms with van der Waals surface area (Å²) in [5.74, 6) is -2.26. The summed E-state index contributed by atoms with van der Waals surface area (Å²) in [6.45, 7) is 4.62. The molecule has 10 nitrogen and oxygen atoms in total. The molecule has 4 aromatic rings. The van der Waals surface area contributed by atoms with E-state index in [0.29, 0.717) is 0 Å². The normalized spacial score (nSPS) is 11.1. The Bertz CT molecular complexity index is 1680. The number of carboxylic acid groups (broad SMARTS) is 1. The summed E-state index contributed by atoms with van der Waals surface area (Å²) < 4.78 is 44.8. The van der Waals surface area contributed by atoms with Gasteiger partial charge in [-0.2, -0.15) is 5.26 Å². The quantitative estimate of drug-likeness (QED) is 0.222. The average Bonchev–Trinajstić information content (AvgIpc) is 3.47. The summed E-state index contributed by atoms with van der Waals surface area (Å²) in [7, 11) is 1.39. The minimum absolute atomic E-state index is 0.0510. The maximum atomic E-state index is 15.1. The number of anilines is 2. The molecule has 0 bridgehead atoms. The van der Waals surface area contributed by atoms with E-state index < -0.39 is 29.2 Å². The molecule has 2 amide bonds. The number of ether oxygens (including phenoxy) is 2. The Labute approximate surface area is 239 Å². The summed E-state index contributed by atoms with van der Waals surface area (Å²) in [4.78, 5) is 30.4. The van der Waals surface area contributed by atoms with Gasteiger partial charge in [0.1, 0.15) is 29.0 Å². The first-order chi connectivity index (χ1) is 19.9. The molecule has 0 saturated carbocycles. The molecule has 0 aliphatic carbocycles. The number of hydrogen-bond acceptors (Lipinski definition) is 7. The third kappa shape index (κ3) is 6.21. The molecule has 0 atom stereocenters. The molecule has 12 heteroatoms. The molecule has 2 heterocycles. The largest absolute Gasteiger partial charge is 0.467 e. The Morgan fingerprint density at radius 3 is 2.50 bits per heavy atom. The number of carbonyl (C=O) groups excluding carboxylic acids is 1.